The minimum Gasteiger partial charge on any atom is -0.378 e. The number of amides is 1. The van der Waals surface area contributed by atoms with E-state index in [0.29, 0.717) is 24.8 Å². The van der Waals surface area contributed by atoms with Crippen LogP contribution >= 0.6 is 0 Å². The number of nitrogens with zero attached hydrogens (tertiary/aromatic N) is 2. The number of rotatable bonds is 8. The topological polar surface area (TPSA) is 68.2 Å². The van der Waals surface area contributed by atoms with Gasteiger partial charge in [0.15, 0.2) is 0 Å². The quantitative estimate of drug-likeness (QED) is 0.723. The fraction of sp³-hybridized carbons (Fsp3) is 0.474. The lowest BCUT2D eigenvalue weighted by Gasteiger charge is -2.11. The van der Waals surface area contributed by atoms with E-state index in [1.54, 1.807) is 10.9 Å². The van der Waals surface area contributed by atoms with E-state index in [1.165, 1.54) is 25.7 Å². The molecule has 0 unspecified atom stereocenters. The Kier molecular flexibility index (Phi) is 6.06. The third kappa shape index (κ3) is 5.32. The molecule has 6 nitrogen and oxygen atoms in total. The van der Waals surface area contributed by atoms with Crippen LogP contribution in [0.5, 0.6) is 0 Å². The maximum Gasteiger partial charge on any atom is 0.251 e. The van der Waals surface area contributed by atoms with E-state index in [2.05, 4.69) is 15.7 Å². The summed E-state index contributed by atoms with van der Waals surface area (Å²) in [7, 11) is 1.87. The summed E-state index contributed by atoms with van der Waals surface area (Å²) < 4.78 is 7.54. The Labute approximate surface area is 148 Å². The summed E-state index contributed by atoms with van der Waals surface area (Å²) in [6, 6.07) is 7.46. The zero-order valence-electron chi connectivity index (χ0n) is 14.7. The van der Waals surface area contributed by atoms with Crippen LogP contribution in [0, 0.1) is 0 Å². The summed E-state index contributed by atoms with van der Waals surface area (Å²) in [6.45, 7) is 1.35. The van der Waals surface area contributed by atoms with Crippen LogP contribution in [0.4, 0.5) is 11.4 Å². The number of hydrogen-bond donors (Lipinski definition) is 2. The minimum absolute atomic E-state index is 0.0595. The molecule has 1 fully saturated rings. The highest BCUT2D eigenvalue weighted by Crippen LogP contribution is 2.21. The van der Waals surface area contributed by atoms with Crippen molar-refractivity contribution in [3.8, 4) is 0 Å². The van der Waals surface area contributed by atoms with Crippen molar-refractivity contribution < 1.29 is 9.53 Å². The first-order valence-electron chi connectivity index (χ1n) is 8.96. The maximum absolute atomic E-state index is 12.3. The Morgan fingerprint density at radius 2 is 2.16 bits per heavy atom. The van der Waals surface area contributed by atoms with Crippen molar-refractivity contribution in [1.29, 1.82) is 0 Å². The van der Waals surface area contributed by atoms with Gasteiger partial charge in [-0.2, -0.15) is 5.10 Å². The average molecular weight is 342 g/mol. The van der Waals surface area contributed by atoms with E-state index in [4.69, 9.17) is 4.74 Å². The molecule has 1 aliphatic rings. The first-order chi connectivity index (χ1) is 12.2. The zero-order chi connectivity index (χ0) is 17.5. The number of carbonyl (C=O) groups excluding carboxylic acids is 1. The van der Waals surface area contributed by atoms with Gasteiger partial charge in [-0.3, -0.25) is 9.48 Å². The van der Waals surface area contributed by atoms with Crippen LogP contribution in [0.3, 0.4) is 0 Å². The number of nitrogens with one attached hydrogen (secondary N) is 2. The lowest BCUT2D eigenvalue weighted by atomic mass is 10.2. The Morgan fingerprint density at radius 3 is 2.92 bits per heavy atom. The van der Waals surface area contributed by atoms with Gasteiger partial charge < -0.3 is 15.4 Å². The molecule has 0 bridgehead atoms. The van der Waals surface area contributed by atoms with Crippen LogP contribution in [-0.4, -0.2) is 34.9 Å². The number of anilines is 2. The number of hydrogen-bond acceptors (Lipinski definition) is 4. The van der Waals surface area contributed by atoms with Gasteiger partial charge >= 0.3 is 0 Å². The second kappa shape index (κ2) is 8.67. The molecule has 0 radical (unpaired) electrons. The molecular formula is C19H26N4O2. The highest BCUT2D eigenvalue weighted by molar-refractivity contribution is 5.95. The Balaban J connectivity index is 1.42. The van der Waals surface area contributed by atoms with Crippen LogP contribution < -0.4 is 10.6 Å². The third-order valence-electron chi connectivity index (χ3n) is 4.38. The fourth-order valence-electron chi connectivity index (χ4n) is 3.07. The molecule has 0 atom stereocenters. The molecule has 1 heterocycles. The zero-order valence-corrected chi connectivity index (χ0v) is 14.7. The molecule has 2 aromatic rings. The molecule has 0 saturated heterocycles. The number of aromatic nitrogens is 2. The molecule has 0 aliphatic heterocycles. The molecule has 3 rings (SSSR count). The second-order valence-electron chi connectivity index (χ2n) is 6.50. The smallest absolute Gasteiger partial charge is 0.251 e. The monoisotopic (exact) mass is 342 g/mol. The summed E-state index contributed by atoms with van der Waals surface area (Å²) in [5.41, 5.74) is 2.40. The average Bonchev–Trinajstić information content (AvgIpc) is 3.26. The van der Waals surface area contributed by atoms with E-state index in [9.17, 15) is 4.79 Å². The lowest BCUT2D eigenvalue weighted by Crippen LogP contribution is -2.25. The summed E-state index contributed by atoms with van der Waals surface area (Å²) in [5, 5.41) is 10.3. The van der Waals surface area contributed by atoms with Gasteiger partial charge in [-0.25, -0.2) is 0 Å². The Bertz CT molecular complexity index is 692. The van der Waals surface area contributed by atoms with Gasteiger partial charge in [0.2, 0.25) is 0 Å². The predicted molar refractivity (Wildman–Crippen MR) is 98.1 cm³/mol. The predicted octanol–water partition coefficient (Wildman–Crippen LogP) is 3.24. The highest BCUT2D eigenvalue weighted by atomic mass is 16.5. The molecule has 134 valence electrons. The van der Waals surface area contributed by atoms with E-state index >= 15 is 0 Å². The van der Waals surface area contributed by atoms with Crippen molar-refractivity contribution >= 4 is 17.3 Å². The number of aryl methyl sites for hydroxylation is 1. The van der Waals surface area contributed by atoms with Gasteiger partial charge in [0, 0.05) is 37.6 Å². The van der Waals surface area contributed by atoms with Crippen molar-refractivity contribution in [3.63, 3.8) is 0 Å². The summed E-state index contributed by atoms with van der Waals surface area (Å²) >= 11 is 0. The standard InChI is InChI=1S/C19H26N4O2/c1-23-14-17(13-21-23)22-16-7-4-6-15(12-16)19(24)20-10-5-11-25-18-8-2-3-9-18/h4,6-7,12-14,18,22H,2-3,5,8-11H2,1H3,(H,20,24). The van der Waals surface area contributed by atoms with Crippen molar-refractivity contribution in [1.82, 2.24) is 15.1 Å². The molecule has 1 aromatic carbocycles. The van der Waals surface area contributed by atoms with Crippen molar-refractivity contribution in [3.05, 3.63) is 42.2 Å². The van der Waals surface area contributed by atoms with E-state index in [-0.39, 0.29) is 5.91 Å². The van der Waals surface area contributed by atoms with Crippen LogP contribution in [0.2, 0.25) is 0 Å². The molecule has 2 N–H and O–H groups in total. The van der Waals surface area contributed by atoms with Gasteiger partial charge in [-0.05, 0) is 37.5 Å². The normalized spacial score (nSPS) is 14.6. The Morgan fingerprint density at radius 1 is 1.32 bits per heavy atom. The van der Waals surface area contributed by atoms with Crippen molar-refractivity contribution in [2.24, 2.45) is 7.05 Å². The van der Waals surface area contributed by atoms with Crippen LogP contribution in [0.25, 0.3) is 0 Å². The van der Waals surface area contributed by atoms with Gasteiger partial charge in [0.25, 0.3) is 5.91 Å². The maximum atomic E-state index is 12.3. The van der Waals surface area contributed by atoms with Crippen LogP contribution in [-0.2, 0) is 11.8 Å². The fourth-order valence-corrected chi connectivity index (χ4v) is 3.07. The number of ether oxygens (including phenoxy) is 1. The van der Waals surface area contributed by atoms with Gasteiger partial charge in [0.05, 0.1) is 18.0 Å². The number of benzene rings is 1. The molecule has 25 heavy (non-hydrogen) atoms. The van der Waals surface area contributed by atoms with Gasteiger partial charge in [0.1, 0.15) is 0 Å². The molecular weight excluding hydrogens is 316 g/mol. The van der Waals surface area contributed by atoms with Crippen molar-refractivity contribution in [2.45, 2.75) is 38.2 Å². The van der Waals surface area contributed by atoms with E-state index in [1.807, 2.05) is 37.5 Å². The first kappa shape index (κ1) is 17.5. The lowest BCUT2D eigenvalue weighted by molar-refractivity contribution is 0.0565. The van der Waals surface area contributed by atoms with Gasteiger partial charge in [-0.15, -0.1) is 0 Å². The summed E-state index contributed by atoms with van der Waals surface area (Å²) in [5.74, 6) is -0.0595. The number of carbonyl (C=O) groups is 1. The van der Waals surface area contributed by atoms with Gasteiger partial charge in [-0.1, -0.05) is 18.9 Å². The minimum atomic E-state index is -0.0595. The molecule has 0 spiro atoms. The molecule has 1 amide bonds. The Hall–Kier alpha value is -2.34. The molecule has 1 saturated carbocycles. The van der Waals surface area contributed by atoms with E-state index in [0.717, 1.165) is 17.8 Å². The third-order valence-corrected chi connectivity index (χ3v) is 4.38. The van der Waals surface area contributed by atoms with Crippen LogP contribution in [0.1, 0.15) is 42.5 Å². The molecule has 6 heteroatoms. The molecule has 1 aliphatic carbocycles. The van der Waals surface area contributed by atoms with Crippen molar-refractivity contribution in [2.75, 3.05) is 18.5 Å². The SMILES string of the molecule is Cn1cc(Nc2cccc(C(=O)NCCCOC3CCCC3)c2)cn1. The largest absolute Gasteiger partial charge is 0.378 e. The molecule has 1 aromatic heterocycles. The highest BCUT2D eigenvalue weighted by Gasteiger charge is 2.14. The summed E-state index contributed by atoms with van der Waals surface area (Å²) in [6.07, 6.45) is 9.84. The summed E-state index contributed by atoms with van der Waals surface area (Å²) in [4.78, 5) is 12.3. The second-order valence-corrected chi connectivity index (χ2v) is 6.50. The van der Waals surface area contributed by atoms with Crippen LogP contribution in [0.15, 0.2) is 36.7 Å². The first-order valence-corrected chi connectivity index (χ1v) is 8.96. The van der Waals surface area contributed by atoms with E-state index < -0.39 is 0 Å².